The van der Waals surface area contributed by atoms with E-state index in [0.29, 0.717) is 11.9 Å². The predicted octanol–water partition coefficient (Wildman–Crippen LogP) is 1.92. The Bertz CT molecular complexity index is 291. The van der Waals surface area contributed by atoms with Crippen LogP contribution in [0.4, 0.5) is 0 Å². The molecule has 96 valence electrons. The number of piperidine rings is 1. The van der Waals surface area contributed by atoms with Crippen molar-refractivity contribution < 1.29 is 4.79 Å². The average molecular weight is 236 g/mol. The van der Waals surface area contributed by atoms with Gasteiger partial charge in [-0.1, -0.05) is 19.3 Å². The third-order valence-corrected chi connectivity index (χ3v) is 5.03. The van der Waals surface area contributed by atoms with Crippen LogP contribution in [0.5, 0.6) is 0 Å². The lowest BCUT2D eigenvalue weighted by atomic mass is 9.79. The van der Waals surface area contributed by atoms with E-state index in [2.05, 4.69) is 10.2 Å². The number of carbonyl (C=O) groups is 1. The van der Waals surface area contributed by atoms with Crippen molar-refractivity contribution in [2.24, 2.45) is 5.41 Å². The smallest absolute Gasteiger partial charge is 0.230 e. The number of hydrogen-bond acceptors (Lipinski definition) is 2. The third-order valence-electron chi connectivity index (χ3n) is 5.03. The topological polar surface area (TPSA) is 32.3 Å². The first-order chi connectivity index (χ1) is 8.32. The van der Waals surface area contributed by atoms with Gasteiger partial charge < -0.3 is 10.2 Å². The van der Waals surface area contributed by atoms with Gasteiger partial charge in [-0.05, 0) is 38.6 Å². The number of nitrogens with one attached hydrogen (secondary N) is 1. The zero-order valence-corrected chi connectivity index (χ0v) is 10.7. The molecule has 0 bridgehead atoms. The van der Waals surface area contributed by atoms with Crippen LogP contribution < -0.4 is 5.32 Å². The summed E-state index contributed by atoms with van der Waals surface area (Å²) >= 11 is 0. The Morgan fingerprint density at radius 1 is 1.12 bits per heavy atom. The van der Waals surface area contributed by atoms with E-state index in [-0.39, 0.29) is 5.41 Å². The normalized spacial score (nSPS) is 35.8. The van der Waals surface area contributed by atoms with Gasteiger partial charge in [-0.25, -0.2) is 0 Å². The molecular weight excluding hydrogens is 212 g/mol. The first kappa shape index (κ1) is 11.5. The fraction of sp³-hybridized carbons (Fsp3) is 0.929. The molecule has 1 atom stereocenters. The van der Waals surface area contributed by atoms with Crippen LogP contribution in [0, 0.1) is 5.41 Å². The Labute approximate surface area is 104 Å². The maximum atomic E-state index is 12.7. The van der Waals surface area contributed by atoms with E-state index in [4.69, 9.17) is 0 Å². The Morgan fingerprint density at radius 3 is 2.65 bits per heavy atom. The molecule has 1 N–H and O–H groups in total. The molecule has 2 saturated heterocycles. The highest BCUT2D eigenvalue weighted by molar-refractivity contribution is 5.85. The fourth-order valence-corrected chi connectivity index (χ4v) is 3.95. The summed E-state index contributed by atoms with van der Waals surface area (Å²) in [7, 11) is 0. The fourth-order valence-electron chi connectivity index (χ4n) is 3.95. The van der Waals surface area contributed by atoms with Gasteiger partial charge in [0.25, 0.3) is 0 Å². The molecule has 1 spiro atoms. The lowest BCUT2D eigenvalue weighted by molar-refractivity contribution is -0.139. The number of amides is 1. The first-order valence-electron chi connectivity index (χ1n) is 7.34. The molecule has 0 aromatic carbocycles. The SMILES string of the molecule is O=C1N(C2CCCCC2)CCC12CCCNC2. The molecule has 1 aliphatic carbocycles. The van der Waals surface area contributed by atoms with Gasteiger partial charge in [0.05, 0.1) is 5.41 Å². The van der Waals surface area contributed by atoms with Gasteiger partial charge in [0.2, 0.25) is 5.91 Å². The second-order valence-corrected chi connectivity index (χ2v) is 6.10. The van der Waals surface area contributed by atoms with Crippen LogP contribution >= 0.6 is 0 Å². The van der Waals surface area contributed by atoms with E-state index in [0.717, 1.165) is 32.5 Å². The lowest BCUT2D eigenvalue weighted by Gasteiger charge is -2.35. The Hall–Kier alpha value is -0.570. The van der Waals surface area contributed by atoms with Gasteiger partial charge in [-0.3, -0.25) is 4.79 Å². The van der Waals surface area contributed by atoms with Crippen molar-refractivity contribution >= 4 is 5.91 Å². The number of hydrogen-bond donors (Lipinski definition) is 1. The molecule has 0 aromatic heterocycles. The second kappa shape index (κ2) is 4.60. The molecule has 2 heterocycles. The van der Waals surface area contributed by atoms with Crippen molar-refractivity contribution in [1.82, 2.24) is 10.2 Å². The van der Waals surface area contributed by atoms with Gasteiger partial charge in [0, 0.05) is 19.1 Å². The van der Waals surface area contributed by atoms with Gasteiger partial charge in [0.15, 0.2) is 0 Å². The average Bonchev–Trinajstić information content (AvgIpc) is 2.70. The molecule has 3 aliphatic rings. The molecule has 0 radical (unpaired) electrons. The zero-order valence-electron chi connectivity index (χ0n) is 10.7. The molecule has 17 heavy (non-hydrogen) atoms. The van der Waals surface area contributed by atoms with E-state index >= 15 is 0 Å². The van der Waals surface area contributed by atoms with Crippen molar-refractivity contribution in [3.05, 3.63) is 0 Å². The lowest BCUT2D eigenvalue weighted by Crippen LogP contribution is -2.48. The molecule has 3 fully saturated rings. The molecule has 3 nitrogen and oxygen atoms in total. The first-order valence-corrected chi connectivity index (χ1v) is 7.34. The maximum absolute atomic E-state index is 12.7. The van der Waals surface area contributed by atoms with E-state index < -0.39 is 0 Å². The highest BCUT2D eigenvalue weighted by Crippen LogP contribution is 2.40. The Morgan fingerprint density at radius 2 is 1.94 bits per heavy atom. The molecule has 3 rings (SSSR count). The van der Waals surface area contributed by atoms with Crippen molar-refractivity contribution in [3.8, 4) is 0 Å². The summed E-state index contributed by atoms with van der Waals surface area (Å²) in [5, 5.41) is 3.42. The van der Waals surface area contributed by atoms with E-state index in [1.807, 2.05) is 0 Å². The second-order valence-electron chi connectivity index (χ2n) is 6.10. The number of carbonyl (C=O) groups excluding carboxylic acids is 1. The predicted molar refractivity (Wildman–Crippen MR) is 67.7 cm³/mol. The minimum absolute atomic E-state index is 0.0182. The van der Waals surface area contributed by atoms with Gasteiger partial charge in [-0.2, -0.15) is 0 Å². The highest BCUT2D eigenvalue weighted by atomic mass is 16.2. The van der Waals surface area contributed by atoms with Gasteiger partial charge in [0.1, 0.15) is 0 Å². The molecule has 3 heteroatoms. The minimum atomic E-state index is -0.0182. The van der Waals surface area contributed by atoms with Gasteiger partial charge in [-0.15, -0.1) is 0 Å². The standard InChI is InChI=1S/C14H24N2O/c17-13-14(7-4-9-15-11-14)8-10-16(13)12-5-2-1-3-6-12/h12,15H,1-11H2. The summed E-state index contributed by atoms with van der Waals surface area (Å²) in [5.41, 5.74) is -0.0182. The monoisotopic (exact) mass is 236 g/mol. The Kier molecular flexibility index (Phi) is 3.12. The van der Waals surface area contributed by atoms with Crippen LogP contribution in [0.15, 0.2) is 0 Å². The van der Waals surface area contributed by atoms with E-state index in [1.54, 1.807) is 0 Å². The number of nitrogens with zero attached hydrogens (tertiary/aromatic N) is 1. The zero-order chi connectivity index (χ0) is 11.7. The number of rotatable bonds is 1. The van der Waals surface area contributed by atoms with Crippen LogP contribution in [0.25, 0.3) is 0 Å². The van der Waals surface area contributed by atoms with Crippen LogP contribution in [-0.2, 0) is 4.79 Å². The van der Waals surface area contributed by atoms with Crippen molar-refractivity contribution in [1.29, 1.82) is 0 Å². The summed E-state index contributed by atoms with van der Waals surface area (Å²) in [6.45, 7) is 3.04. The quantitative estimate of drug-likeness (QED) is 0.754. The molecule has 1 unspecified atom stereocenters. The van der Waals surface area contributed by atoms with E-state index in [9.17, 15) is 4.79 Å². The Balaban J connectivity index is 1.70. The number of likely N-dealkylation sites (tertiary alicyclic amines) is 1. The van der Waals surface area contributed by atoms with Crippen molar-refractivity contribution in [2.45, 2.75) is 57.4 Å². The summed E-state index contributed by atoms with van der Waals surface area (Å²) in [5.74, 6) is 0.469. The van der Waals surface area contributed by atoms with Crippen LogP contribution in [-0.4, -0.2) is 36.5 Å². The molecule has 2 aliphatic heterocycles. The van der Waals surface area contributed by atoms with Crippen molar-refractivity contribution in [2.75, 3.05) is 19.6 Å². The summed E-state index contributed by atoms with van der Waals surface area (Å²) in [4.78, 5) is 14.9. The van der Waals surface area contributed by atoms with Crippen LogP contribution in [0.1, 0.15) is 51.4 Å². The largest absolute Gasteiger partial charge is 0.339 e. The minimum Gasteiger partial charge on any atom is -0.339 e. The molecule has 1 amide bonds. The summed E-state index contributed by atoms with van der Waals surface area (Å²) in [6.07, 6.45) is 9.87. The maximum Gasteiger partial charge on any atom is 0.230 e. The molecular formula is C14H24N2O. The van der Waals surface area contributed by atoms with E-state index in [1.165, 1.54) is 38.5 Å². The third kappa shape index (κ3) is 1.99. The van der Waals surface area contributed by atoms with Crippen LogP contribution in [0.3, 0.4) is 0 Å². The molecule has 0 aromatic rings. The van der Waals surface area contributed by atoms with Crippen LogP contribution in [0.2, 0.25) is 0 Å². The summed E-state index contributed by atoms with van der Waals surface area (Å²) in [6, 6.07) is 0.567. The van der Waals surface area contributed by atoms with Crippen molar-refractivity contribution in [3.63, 3.8) is 0 Å². The molecule has 1 saturated carbocycles. The summed E-state index contributed by atoms with van der Waals surface area (Å²) < 4.78 is 0. The highest BCUT2D eigenvalue weighted by Gasteiger charge is 2.48. The van der Waals surface area contributed by atoms with Gasteiger partial charge >= 0.3 is 0 Å².